The highest BCUT2D eigenvalue weighted by molar-refractivity contribution is 7.13. The van der Waals surface area contributed by atoms with Crippen molar-refractivity contribution in [1.29, 1.82) is 0 Å². The highest BCUT2D eigenvalue weighted by Gasteiger charge is 2.24. The van der Waals surface area contributed by atoms with E-state index in [2.05, 4.69) is 10.3 Å². The first kappa shape index (κ1) is 12.8. The predicted octanol–water partition coefficient (Wildman–Crippen LogP) is 0.00480. The summed E-state index contributed by atoms with van der Waals surface area (Å²) in [5, 5.41) is 5.17. The topological polar surface area (TPSA) is 88.3 Å². The molecule has 2 rings (SSSR count). The van der Waals surface area contributed by atoms with Gasteiger partial charge in [0.1, 0.15) is 0 Å². The van der Waals surface area contributed by atoms with E-state index in [1.165, 1.54) is 11.3 Å². The van der Waals surface area contributed by atoms with Crippen LogP contribution in [0.5, 0.6) is 0 Å². The number of nitrogens with zero attached hydrogens (tertiary/aromatic N) is 2. The second kappa shape index (κ2) is 5.34. The molecule has 1 fully saturated rings. The largest absolute Gasteiger partial charge is 0.375 e. The third kappa shape index (κ3) is 3.19. The molecule has 1 aliphatic rings. The third-order valence-corrected chi connectivity index (χ3v) is 3.63. The minimum atomic E-state index is -0.0759. The van der Waals surface area contributed by atoms with Crippen molar-refractivity contribution in [3.63, 3.8) is 0 Å². The fourth-order valence-electron chi connectivity index (χ4n) is 1.98. The Balaban J connectivity index is 1.82. The molecule has 3 N–H and O–H groups in total. The number of piperidine rings is 1. The molecule has 0 bridgehead atoms. The van der Waals surface area contributed by atoms with Gasteiger partial charge in [-0.15, -0.1) is 11.3 Å². The molecule has 1 aromatic rings. The van der Waals surface area contributed by atoms with E-state index >= 15 is 0 Å². The highest BCUT2D eigenvalue weighted by Crippen LogP contribution is 2.12. The Morgan fingerprint density at radius 1 is 1.72 bits per heavy atom. The van der Waals surface area contributed by atoms with Crippen LogP contribution < -0.4 is 11.1 Å². The maximum Gasteiger partial charge on any atom is 0.226 e. The number of nitrogen functional groups attached to an aromatic ring is 1. The van der Waals surface area contributed by atoms with Gasteiger partial charge in [-0.1, -0.05) is 0 Å². The quantitative estimate of drug-likeness (QED) is 0.808. The average Bonchev–Trinajstić information content (AvgIpc) is 2.69. The van der Waals surface area contributed by atoms with E-state index in [4.69, 9.17) is 5.73 Å². The van der Waals surface area contributed by atoms with Crippen LogP contribution in [0.15, 0.2) is 5.38 Å². The molecule has 1 atom stereocenters. The van der Waals surface area contributed by atoms with Crippen molar-refractivity contribution in [2.75, 3.05) is 19.3 Å². The van der Waals surface area contributed by atoms with Crippen LogP contribution in [0.1, 0.15) is 18.5 Å². The van der Waals surface area contributed by atoms with Crippen LogP contribution in [-0.4, -0.2) is 41.3 Å². The molecular weight excluding hydrogens is 252 g/mol. The Hall–Kier alpha value is -1.63. The maximum absolute atomic E-state index is 11.8. The number of likely N-dealkylation sites (tertiary alicyclic amines) is 1. The first-order valence-electron chi connectivity index (χ1n) is 5.78. The number of anilines is 1. The number of carbonyl (C=O) groups excluding carboxylic acids is 2. The van der Waals surface area contributed by atoms with Gasteiger partial charge >= 0.3 is 0 Å². The number of nitrogens with one attached hydrogen (secondary N) is 1. The lowest BCUT2D eigenvalue weighted by atomic mass is 10.1. The van der Waals surface area contributed by atoms with Gasteiger partial charge in [0.25, 0.3) is 0 Å². The van der Waals surface area contributed by atoms with Gasteiger partial charge in [0.2, 0.25) is 11.8 Å². The summed E-state index contributed by atoms with van der Waals surface area (Å²) in [7, 11) is 1.75. The molecule has 0 saturated carbocycles. The predicted molar refractivity (Wildman–Crippen MR) is 69.0 cm³/mol. The molecule has 0 radical (unpaired) electrons. The Morgan fingerprint density at radius 2 is 2.50 bits per heavy atom. The van der Waals surface area contributed by atoms with Crippen molar-refractivity contribution in [2.24, 2.45) is 0 Å². The summed E-state index contributed by atoms with van der Waals surface area (Å²) in [4.78, 5) is 28.8. The van der Waals surface area contributed by atoms with Gasteiger partial charge in [-0.05, 0) is 6.42 Å². The Morgan fingerprint density at radius 3 is 3.11 bits per heavy atom. The Bertz CT molecular complexity index is 460. The molecular formula is C11H16N4O2S. The zero-order valence-electron chi connectivity index (χ0n) is 10.2. The van der Waals surface area contributed by atoms with Crippen LogP contribution in [0.3, 0.4) is 0 Å². The van der Waals surface area contributed by atoms with E-state index in [1.807, 2.05) is 0 Å². The first-order chi connectivity index (χ1) is 8.54. The lowest BCUT2D eigenvalue weighted by Crippen LogP contribution is -2.48. The third-order valence-electron chi connectivity index (χ3n) is 2.90. The second-order valence-electron chi connectivity index (χ2n) is 4.43. The maximum atomic E-state index is 11.8. The van der Waals surface area contributed by atoms with Crippen LogP contribution in [0.2, 0.25) is 0 Å². The van der Waals surface area contributed by atoms with Gasteiger partial charge in [-0.3, -0.25) is 9.59 Å². The molecule has 6 nitrogen and oxygen atoms in total. The van der Waals surface area contributed by atoms with Gasteiger partial charge in [0, 0.05) is 31.4 Å². The minimum Gasteiger partial charge on any atom is -0.375 e. The van der Waals surface area contributed by atoms with Gasteiger partial charge in [0.05, 0.1) is 12.1 Å². The van der Waals surface area contributed by atoms with Gasteiger partial charge in [-0.2, -0.15) is 0 Å². The van der Waals surface area contributed by atoms with E-state index < -0.39 is 0 Å². The van der Waals surface area contributed by atoms with E-state index in [0.29, 0.717) is 30.2 Å². The molecule has 1 aliphatic heterocycles. The fourth-order valence-corrected chi connectivity index (χ4v) is 2.54. The monoisotopic (exact) mass is 268 g/mol. The number of hydrogen-bond donors (Lipinski definition) is 2. The standard InChI is InChI=1S/C11H16N4O2S/c1-15-5-7(2-3-10(15)17)13-9(16)4-8-6-18-11(12)14-8/h6-7H,2-5H2,1H3,(H2,12,14)(H,13,16). The molecule has 7 heteroatoms. The summed E-state index contributed by atoms with van der Waals surface area (Å²) in [6.45, 7) is 0.573. The fraction of sp³-hybridized carbons (Fsp3) is 0.545. The van der Waals surface area contributed by atoms with Crippen molar-refractivity contribution >= 4 is 28.3 Å². The number of amides is 2. The van der Waals surface area contributed by atoms with Crippen molar-refractivity contribution in [3.05, 3.63) is 11.1 Å². The Labute approximate surface area is 109 Å². The van der Waals surface area contributed by atoms with Crippen LogP contribution >= 0.6 is 11.3 Å². The van der Waals surface area contributed by atoms with Crippen LogP contribution in [-0.2, 0) is 16.0 Å². The second-order valence-corrected chi connectivity index (χ2v) is 5.32. The zero-order chi connectivity index (χ0) is 13.1. The van der Waals surface area contributed by atoms with Crippen LogP contribution in [0, 0.1) is 0 Å². The average molecular weight is 268 g/mol. The molecule has 18 heavy (non-hydrogen) atoms. The number of hydrogen-bond acceptors (Lipinski definition) is 5. The molecule has 0 aromatic carbocycles. The van der Waals surface area contributed by atoms with E-state index in [9.17, 15) is 9.59 Å². The number of thiazole rings is 1. The molecule has 1 aromatic heterocycles. The summed E-state index contributed by atoms with van der Waals surface area (Å²) < 4.78 is 0. The lowest BCUT2D eigenvalue weighted by Gasteiger charge is -2.30. The SMILES string of the molecule is CN1CC(NC(=O)Cc2csc(N)n2)CCC1=O. The lowest BCUT2D eigenvalue weighted by molar-refractivity contribution is -0.133. The number of aromatic nitrogens is 1. The number of likely N-dealkylation sites (N-methyl/N-ethyl adjacent to an activating group) is 1. The number of carbonyl (C=O) groups is 2. The molecule has 2 amide bonds. The molecule has 2 heterocycles. The number of rotatable bonds is 3. The van der Waals surface area contributed by atoms with Gasteiger partial charge < -0.3 is 16.0 Å². The van der Waals surface area contributed by atoms with E-state index in [1.54, 1.807) is 17.3 Å². The van der Waals surface area contributed by atoms with Crippen molar-refractivity contribution in [2.45, 2.75) is 25.3 Å². The number of nitrogens with two attached hydrogens (primary N) is 1. The summed E-state index contributed by atoms with van der Waals surface area (Å²) in [6.07, 6.45) is 1.43. The molecule has 1 saturated heterocycles. The van der Waals surface area contributed by atoms with Crippen molar-refractivity contribution in [3.8, 4) is 0 Å². The summed E-state index contributed by atoms with van der Waals surface area (Å²) in [5.41, 5.74) is 6.19. The minimum absolute atomic E-state index is 0.0381. The Kier molecular flexibility index (Phi) is 3.81. The smallest absolute Gasteiger partial charge is 0.226 e. The van der Waals surface area contributed by atoms with Crippen molar-refractivity contribution in [1.82, 2.24) is 15.2 Å². The normalized spacial score (nSPS) is 19.9. The molecule has 0 spiro atoms. The van der Waals surface area contributed by atoms with Crippen LogP contribution in [0.25, 0.3) is 0 Å². The first-order valence-corrected chi connectivity index (χ1v) is 6.66. The summed E-state index contributed by atoms with van der Waals surface area (Å²) >= 11 is 1.33. The van der Waals surface area contributed by atoms with E-state index in [-0.39, 0.29) is 24.3 Å². The van der Waals surface area contributed by atoms with Gasteiger partial charge in [0.15, 0.2) is 5.13 Å². The van der Waals surface area contributed by atoms with Crippen LogP contribution in [0.4, 0.5) is 5.13 Å². The molecule has 98 valence electrons. The zero-order valence-corrected chi connectivity index (χ0v) is 11.0. The van der Waals surface area contributed by atoms with E-state index in [0.717, 1.165) is 0 Å². The summed E-state index contributed by atoms with van der Waals surface area (Å²) in [5.74, 6) is 0.0563. The molecule has 0 aliphatic carbocycles. The molecule has 1 unspecified atom stereocenters. The van der Waals surface area contributed by atoms with Crippen molar-refractivity contribution < 1.29 is 9.59 Å². The van der Waals surface area contributed by atoms with Gasteiger partial charge in [-0.25, -0.2) is 4.98 Å². The summed E-state index contributed by atoms with van der Waals surface area (Å²) in [6, 6.07) is 0.0381. The highest BCUT2D eigenvalue weighted by atomic mass is 32.1.